The summed E-state index contributed by atoms with van der Waals surface area (Å²) in [6.45, 7) is 1.62. The second-order valence-corrected chi connectivity index (χ2v) is 10.0. The monoisotopic (exact) mass is 426 g/mol. The van der Waals surface area contributed by atoms with Crippen LogP contribution < -0.4 is 11.1 Å². The number of rotatable bonds is 5. The van der Waals surface area contributed by atoms with Crippen LogP contribution in [0.3, 0.4) is 0 Å². The minimum atomic E-state index is -3.40. The minimum Gasteiger partial charge on any atom is -0.370 e. The summed E-state index contributed by atoms with van der Waals surface area (Å²) in [4.78, 5) is 4.79. The van der Waals surface area contributed by atoms with E-state index >= 15 is 0 Å². The van der Waals surface area contributed by atoms with Crippen LogP contribution in [-0.2, 0) is 29.4 Å². The number of fused-ring (bicyclic) bond motifs is 1. The van der Waals surface area contributed by atoms with Crippen molar-refractivity contribution in [2.75, 3.05) is 18.4 Å². The highest BCUT2D eigenvalue weighted by molar-refractivity contribution is 7.89. The lowest BCUT2D eigenvalue weighted by molar-refractivity contribution is 0.346. The predicted molar refractivity (Wildman–Crippen MR) is 121 cm³/mol. The maximum absolute atomic E-state index is 12.8. The Morgan fingerprint density at radius 2 is 1.70 bits per heavy atom. The summed E-state index contributed by atoms with van der Waals surface area (Å²) in [5.41, 5.74) is 10.8. The number of guanidine groups is 1. The molecule has 160 valence electrons. The van der Waals surface area contributed by atoms with Gasteiger partial charge in [0.05, 0.1) is 11.4 Å². The summed E-state index contributed by atoms with van der Waals surface area (Å²) in [5, 5.41) is 3.24. The second-order valence-electron chi connectivity index (χ2n) is 8.09. The fraction of sp³-hybridized carbons (Fsp3) is 0.435. The maximum atomic E-state index is 12.8. The number of nitrogens with two attached hydrogens (primary N) is 1. The number of anilines is 1. The average molecular weight is 427 g/mol. The molecule has 0 saturated carbocycles. The van der Waals surface area contributed by atoms with Gasteiger partial charge in [-0.25, -0.2) is 13.4 Å². The van der Waals surface area contributed by atoms with Gasteiger partial charge in [0.1, 0.15) is 0 Å². The molecule has 0 unspecified atom stereocenters. The Balaban J connectivity index is 1.41. The maximum Gasteiger partial charge on any atom is 0.243 e. The van der Waals surface area contributed by atoms with Gasteiger partial charge in [-0.15, -0.1) is 0 Å². The number of sulfonamides is 1. The van der Waals surface area contributed by atoms with Crippen LogP contribution in [0.2, 0.25) is 0 Å². The molecule has 1 heterocycles. The van der Waals surface area contributed by atoms with Crippen LogP contribution in [0.5, 0.6) is 0 Å². The lowest BCUT2D eigenvalue weighted by Crippen LogP contribution is -2.35. The van der Waals surface area contributed by atoms with E-state index in [0.717, 1.165) is 43.4 Å². The molecular weight excluding hydrogens is 396 g/mol. The van der Waals surface area contributed by atoms with Crippen molar-refractivity contribution in [3.05, 3.63) is 59.2 Å². The van der Waals surface area contributed by atoms with Crippen LogP contribution in [0, 0.1) is 0 Å². The molecular formula is C23H30N4O2S. The summed E-state index contributed by atoms with van der Waals surface area (Å²) in [6.07, 6.45) is 7.60. The van der Waals surface area contributed by atoms with Gasteiger partial charge in [-0.1, -0.05) is 30.7 Å². The number of piperidine rings is 1. The highest BCUT2D eigenvalue weighted by Crippen LogP contribution is 2.27. The first kappa shape index (κ1) is 20.9. The number of nitrogens with zero attached hydrogens (tertiary/aromatic N) is 2. The van der Waals surface area contributed by atoms with Gasteiger partial charge in [-0.05, 0) is 73.4 Å². The van der Waals surface area contributed by atoms with Crippen molar-refractivity contribution in [3.63, 3.8) is 0 Å². The van der Waals surface area contributed by atoms with Crippen LogP contribution in [0.4, 0.5) is 5.69 Å². The molecule has 1 aliphatic heterocycles. The van der Waals surface area contributed by atoms with E-state index in [1.54, 1.807) is 16.4 Å². The van der Waals surface area contributed by atoms with Crippen molar-refractivity contribution in [1.29, 1.82) is 0 Å². The summed E-state index contributed by atoms with van der Waals surface area (Å²) in [6, 6.07) is 13.3. The quantitative estimate of drug-likeness (QED) is 0.564. The van der Waals surface area contributed by atoms with E-state index in [0.29, 0.717) is 30.5 Å². The fourth-order valence-electron chi connectivity index (χ4n) is 4.27. The van der Waals surface area contributed by atoms with Gasteiger partial charge >= 0.3 is 0 Å². The van der Waals surface area contributed by atoms with Crippen molar-refractivity contribution >= 4 is 21.7 Å². The molecule has 0 aromatic heterocycles. The third-order valence-electron chi connectivity index (χ3n) is 5.97. The molecule has 1 saturated heterocycles. The van der Waals surface area contributed by atoms with Crippen molar-refractivity contribution in [3.8, 4) is 0 Å². The molecule has 7 heteroatoms. The van der Waals surface area contributed by atoms with Crippen molar-refractivity contribution in [1.82, 2.24) is 4.31 Å². The Morgan fingerprint density at radius 3 is 2.47 bits per heavy atom. The zero-order valence-electron chi connectivity index (χ0n) is 17.3. The summed E-state index contributed by atoms with van der Waals surface area (Å²) >= 11 is 0. The third kappa shape index (κ3) is 4.68. The first-order chi connectivity index (χ1) is 14.5. The first-order valence-electron chi connectivity index (χ1n) is 10.8. The molecule has 2 aliphatic rings. The molecule has 0 spiro atoms. The van der Waals surface area contributed by atoms with Crippen LogP contribution in [0.25, 0.3) is 0 Å². The first-order valence-corrected chi connectivity index (χ1v) is 12.2. The largest absolute Gasteiger partial charge is 0.370 e. The van der Waals surface area contributed by atoms with Gasteiger partial charge in [0.15, 0.2) is 5.96 Å². The number of nitrogens with one attached hydrogen (secondary N) is 1. The van der Waals surface area contributed by atoms with Gasteiger partial charge in [0, 0.05) is 18.8 Å². The van der Waals surface area contributed by atoms with E-state index in [1.165, 1.54) is 24.0 Å². The van der Waals surface area contributed by atoms with Gasteiger partial charge in [-0.3, -0.25) is 0 Å². The molecule has 0 amide bonds. The Labute approximate surface area is 179 Å². The predicted octanol–water partition coefficient (Wildman–Crippen LogP) is 3.67. The Hall–Kier alpha value is -2.38. The number of aliphatic imine (C=N–C) groups is 1. The third-order valence-corrected chi connectivity index (χ3v) is 7.88. The van der Waals surface area contributed by atoms with E-state index in [-0.39, 0.29) is 0 Å². The van der Waals surface area contributed by atoms with E-state index in [1.807, 2.05) is 18.2 Å². The van der Waals surface area contributed by atoms with Crippen LogP contribution in [0.15, 0.2) is 52.4 Å². The summed E-state index contributed by atoms with van der Waals surface area (Å²) in [7, 11) is -3.40. The summed E-state index contributed by atoms with van der Waals surface area (Å²) in [5.74, 6) is 0.374. The smallest absolute Gasteiger partial charge is 0.243 e. The number of hydrogen-bond donors (Lipinski definition) is 2. The number of hydrogen-bond acceptors (Lipinski definition) is 3. The summed E-state index contributed by atoms with van der Waals surface area (Å²) < 4.78 is 27.1. The Kier molecular flexibility index (Phi) is 6.39. The number of benzene rings is 2. The molecule has 3 N–H and O–H groups in total. The molecule has 1 aliphatic carbocycles. The fourth-order valence-corrected chi connectivity index (χ4v) is 5.79. The zero-order valence-corrected chi connectivity index (χ0v) is 18.1. The molecule has 1 fully saturated rings. The van der Waals surface area contributed by atoms with E-state index in [9.17, 15) is 8.42 Å². The topological polar surface area (TPSA) is 87.8 Å². The minimum absolute atomic E-state index is 0.346. The normalized spacial score (nSPS) is 18.1. The lowest BCUT2D eigenvalue weighted by atomic mass is 9.90. The van der Waals surface area contributed by atoms with E-state index < -0.39 is 10.0 Å². The molecule has 0 radical (unpaired) electrons. The molecule has 2 aromatic carbocycles. The Morgan fingerprint density at radius 1 is 0.967 bits per heavy atom. The second kappa shape index (κ2) is 9.18. The standard InChI is InChI=1S/C23H30N4O2S/c24-23(26-22-10-6-8-19-7-2-3-9-21(19)22)25-17-18-11-13-20(14-12-18)30(28,29)27-15-4-1-5-16-27/h6,8,10-14H,1-5,7,9,15-17H2,(H3,24,25,26). The van der Waals surface area contributed by atoms with Gasteiger partial charge in [0.2, 0.25) is 10.0 Å². The molecule has 6 nitrogen and oxygen atoms in total. The molecule has 2 aromatic rings. The molecule has 4 rings (SSSR count). The molecule has 0 atom stereocenters. The highest BCUT2D eigenvalue weighted by Gasteiger charge is 2.25. The lowest BCUT2D eigenvalue weighted by Gasteiger charge is -2.25. The Bertz CT molecular complexity index is 1010. The van der Waals surface area contributed by atoms with Crippen LogP contribution in [0.1, 0.15) is 48.8 Å². The van der Waals surface area contributed by atoms with Crippen molar-refractivity contribution < 1.29 is 8.42 Å². The molecule has 0 bridgehead atoms. The van der Waals surface area contributed by atoms with Crippen LogP contribution in [-0.4, -0.2) is 31.8 Å². The van der Waals surface area contributed by atoms with E-state index in [4.69, 9.17) is 5.73 Å². The van der Waals surface area contributed by atoms with Crippen molar-refractivity contribution in [2.45, 2.75) is 56.4 Å². The van der Waals surface area contributed by atoms with Gasteiger partial charge < -0.3 is 11.1 Å². The number of aryl methyl sites for hydroxylation is 1. The van der Waals surface area contributed by atoms with Crippen molar-refractivity contribution in [2.24, 2.45) is 10.7 Å². The van der Waals surface area contributed by atoms with Gasteiger partial charge in [-0.2, -0.15) is 4.31 Å². The zero-order chi connectivity index (χ0) is 21.0. The van der Waals surface area contributed by atoms with E-state index in [2.05, 4.69) is 22.4 Å². The van der Waals surface area contributed by atoms with Crippen LogP contribution >= 0.6 is 0 Å². The molecule has 30 heavy (non-hydrogen) atoms. The highest BCUT2D eigenvalue weighted by atomic mass is 32.2. The SMILES string of the molecule is NC(=NCc1ccc(S(=O)(=O)N2CCCCC2)cc1)Nc1cccc2c1CCCC2. The van der Waals surface area contributed by atoms with Gasteiger partial charge in [0.25, 0.3) is 0 Å². The average Bonchev–Trinajstić information content (AvgIpc) is 2.79.